The topological polar surface area (TPSA) is 63.8 Å². The van der Waals surface area contributed by atoms with Gasteiger partial charge in [-0.25, -0.2) is 9.97 Å². The number of benzene rings is 1. The van der Waals surface area contributed by atoms with E-state index in [0.29, 0.717) is 11.4 Å². The summed E-state index contributed by atoms with van der Waals surface area (Å²) in [5, 5.41) is 2.71. The van der Waals surface area contributed by atoms with E-state index >= 15 is 0 Å². The lowest BCUT2D eigenvalue weighted by Gasteiger charge is -2.10. The van der Waals surface area contributed by atoms with Crippen LogP contribution in [0.25, 0.3) is 0 Å². The van der Waals surface area contributed by atoms with Gasteiger partial charge in [-0.05, 0) is 25.1 Å². The van der Waals surface area contributed by atoms with Crippen molar-refractivity contribution in [3.05, 3.63) is 41.7 Å². The Morgan fingerprint density at radius 3 is 2.63 bits per heavy atom. The fourth-order valence-corrected chi connectivity index (χ4v) is 1.44. The molecule has 2 rings (SSSR count). The SMILES string of the molecule is Cc1nc(Nc2cccc(C(F)(F)F)c2)ncc1N. The van der Waals surface area contributed by atoms with Crippen molar-refractivity contribution in [2.24, 2.45) is 0 Å². The maximum atomic E-state index is 12.5. The number of anilines is 3. The van der Waals surface area contributed by atoms with Crippen LogP contribution in [0, 0.1) is 6.92 Å². The molecule has 1 aromatic heterocycles. The second-order valence-electron chi connectivity index (χ2n) is 3.94. The van der Waals surface area contributed by atoms with Crippen molar-refractivity contribution in [1.29, 1.82) is 0 Å². The van der Waals surface area contributed by atoms with E-state index in [1.807, 2.05) is 0 Å². The molecule has 0 saturated heterocycles. The first-order valence-electron chi connectivity index (χ1n) is 5.39. The van der Waals surface area contributed by atoms with Gasteiger partial charge in [-0.3, -0.25) is 0 Å². The smallest absolute Gasteiger partial charge is 0.396 e. The number of halogens is 3. The predicted molar refractivity (Wildman–Crippen MR) is 65.9 cm³/mol. The van der Waals surface area contributed by atoms with Crippen LogP contribution < -0.4 is 11.1 Å². The largest absolute Gasteiger partial charge is 0.416 e. The summed E-state index contributed by atoms with van der Waals surface area (Å²) in [6, 6.07) is 4.81. The van der Waals surface area contributed by atoms with Gasteiger partial charge in [-0.2, -0.15) is 13.2 Å². The average Bonchev–Trinajstić information content (AvgIpc) is 2.33. The summed E-state index contributed by atoms with van der Waals surface area (Å²) in [7, 11) is 0. The molecule has 4 nitrogen and oxygen atoms in total. The summed E-state index contributed by atoms with van der Waals surface area (Å²) in [5.41, 5.74) is 6.08. The molecule has 0 aliphatic rings. The highest BCUT2D eigenvalue weighted by Gasteiger charge is 2.30. The molecule has 7 heteroatoms. The lowest BCUT2D eigenvalue weighted by atomic mass is 10.2. The molecule has 1 aromatic carbocycles. The zero-order valence-corrected chi connectivity index (χ0v) is 9.99. The first-order valence-corrected chi connectivity index (χ1v) is 5.39. The van der Waals surface area contributed by atoms with Crippen LogP contribution in [0.1, 0.15) is 11.3 Å². The number of rotatable bonds is 2. The molecule has 0 aliphatic heterocycles. The molecule has 0 bridgehead atoms. The fraction of sp³-hybridized carbons (Fsp3) is 0.167. The standard InChI is InChI=1S/C12H11F3N4/c1-7-10(16)6-17-11(18-7)19-9-4-2-3-8(5-9)12(13,14)15/h2-6H,16H2,1H3,(H,17,18,19). The lowest BCUT2D eigenvalue weighted by Crippen LogP contribution is -2.06. The molecule has 0 unspecified atom stereocenters. The van der Waals surface area contributed by atoms with Crippen molar-refractivity contribution < 1.29 is 13.2 Å². The summed E-state index contributed by atoms with van der Waals surface area (Å²) in [6.45, 7) is 1.69. The molecule has 0 spiro atoms. The molecule has 0 amide bonds. The molecule has 0 saturated carbocycles. The van der Waals surface area contributed by atoms with Gasteiger partial charge in [-0.15, -0.1) is 0 Å². The summed E-state index contributed by atoms with van der Waals surface area (Å²) in [4.78, 5) is 7.93. The summed E-state index contributed by atoms with van der Waals surface area (Å²) in [5.74, 6) is 0.200. The van der Waals surface area contributed by atoms with Crippen LogP contribution in [0.3, 0.4) is 0 Å². The Labute approximate surface area is 107 Å². The van der Waals surface area contributed by atoms with Gasteiger partial charge in [0.05, 0.1) is 23.1 Å². The highest BCUT2D eigenvalue weighted by molar-refractivity contribution is 5.56. The first-order chi connectivity index (χ1) is 8.86. The monoisotopic (exact) mass is 268 g/mol. The van der Waals surface area contributed by atoms with Crippen molar-refractivity contribution in [2.75, 3.05) is 11.1 Å². The second kappa shape index (κ2) is 4.75. The van der Waals surface area contributed by atoms with E-state index in [9.17, 15) is 13.2 Å². The normalized spacial score (nSPS) is 11.4. The van der Waals surface area contributed by atoms with Crippen molar-refractivity contribution in [3.8, 4) is 0 Å². The third-order valence-electron chi connectivity index (χ3n) is 2.46. The van der Waals surface area contributed by atoms with Gasteiger partial charge in [0.2, 0.25) is 5.95 Å². The van der Waals surface area contributed by atoms with Crippen molar-refractivity contribution >= 4 is 17.3 Å². The number of nitrogens with one attached hydrogen (secondary N) is 1. The van der Waals surface area contributed by atoms with Gasteiger partial charge in [0, 0.05) is 5.69 Å². The molecular formula is C12H11F3N4. The molecule has 0 aliphatic carbocycles. The van der Waals surface area contributed by atoms with E-state index in [4.69, 9.17) is 5.73 Å². The van der Waals surface area contributed by atoms with Crippen LogP contribution >= 0.6 is 0 Å². The van der Waals surface area contributed by atoms with Gasteiger partial charge < -0.3 is 11.1 Å². The zero-order chi connectivity index (χ0) is 14.0. The van der Waals surface area contributed by atoms with E-state index < -0.39 is 11.7 Å². The number of hydrogen-bond acceptors (Lipinski definition) is 4. The van der Waals surface area contributed by atoms with Crippen LogP contribution in [0.4, 0.5) is 30.5 Å². The van der Waals surface area contributed by atoms with Gasteiger partial charge in [-0.1, -0.05) is 6.07 Å². The first kappa shape index (κ1) is 13.1. The zero-order valence-electron chi connectivity index (χ0n) is 9.99. The van der Waals surface area contributed by atoms with E-state index in [0.717, 1.165) is 12.1 Å². The molecule has 1 heterocycles. The number of nitrogens with zero attached hydrogens (tertiary/aromatic N) is 2. The van der Waals surface area contributed by atoms with Gasteiger partial charge in [0.25, 0.3) is 0 Å². The number of aromatic nitrogens is 2. The third-order valence-corrected chi connectivity index (χ3v) is 2.46. The minimum Gasteiger partial charge on any atom is -0.396 e. The van der Waals surface area contributed by atoms with Crippen LogP contribution in [0.15, 0.2) is 30.5 Å². The molecule has 19 heavy (non-hydrogen) atoms. The molecule has 0 atom stereocenters. The number of alkyl halides is 3. The highest BCUT2D eigenvalue weighted by atomic mass is 19.4. The fourth-order valence-electron chi connectivity index (χ4n) is 1.44. The second-order valence-corrected chi connectivity index (χ2v) is 3.94. The summed E-state index contributed by atoms with van der Waals surface area (Å²) >= 11 is 0. The van der Waals surface area contributed by atoms with Gasteiger partial charge in [0.1, 0.15) is 0 Å². The lowest BCUT2D eigenvalue weighted by molar-refractivity contribution is -0.137. The maximum absolute atomic E-state index is 12.5. The Bertz CT molecular complexity index is 596. The van der Waals surface area contributed by atoms with Crippen LogP contribution in [0.5, 0.6) is 0 Å². The summed E-state index contributed by atoms with van der Waals surface area (Å²) < 4.78 is 37.6. The van der Waals surface area contributed by atoms with Crippen molar-refractivity contribution in [3.63, 3.8) is 0 Å². The Morgan fingerprint density at radius 1 is 1.26 bits per heavy atom. The van der Waals surface area contributed by atoms with E-state index in [-0.39, 0.29) is 11.6 Å². The van der Waals surface area contributed by atoms with E-state index in [2.05, 4.69) is 15.3 Å². The molecular weight excluding hydrogens is 257 g/mol. The number of nitrogens with two attached hydrogens (primary N) is 1. The quantitative estimate of drug-likeness (QED) is 0.878. The average molecular weight is 268 g/mol. The van der Waals surface area contributed by atoms with Crippen molar-refractivity contribution in [1.82, 2.24) is 9.97 Å². The number of hydrogen-bond donors (Lipinski definition) is 2. The highest BCUT2D eigenvalue weighted by Crippen LogP contribution is 2.31. The van der Waals surface area contributed by atoms with Gasteiger partial charge in [0.15, 0.2) is 0 Å². The maximum Gasteiger partial charge on any atom is 0.416 e. The van der Waals surface area contributed by atoms with Gasteiger partial charge >= 0.3 is 6.18 Å². The summed E-state index contributed by atoms with van der Waals surface area (Å²) in [6.07, 6.45) is -2.98. The van der Waals surface area contributed by atoms with E-state index in [1.54, 1.807) is 6.92 Å². The number of nitrogen functional groups attached to an aromatic ring is 1. The van der Waals surface area contributed by atoms with Crippen molar-refractivity contribution in [2.45, 2.75) is 13.1 Å². The van der Waals surface area contributed by atoms with Crippen LogP contribution in [0.2, 0.25) is 0 Å². The van der Waals surface area contributed by atoms with Crippen LogP contribution in [-0.4, -0.2) is 9.97 Å². The Kier molecular flexibility index (Phi) is 3.28. The van der Waals surface area contributed by atoms with E-state index in [1.165, 1.54) is 18.3 Å². The minimum atomic E-state index is -4.38. The van der Waals surface area contributed by atoms with Crippen LogP contribution in [-0.2, 0) is 6.18 Å². The molecule has 100 valence electrons. The molecule has 2 aromatic rings. The molecule has 0 radical (unpaired) electrons. The third kappa shape index (κ3) is 3.12. The Morgan fingerprint density at radius 2 is 2.00 bits per heavy atom. The minimum absolute atomic E-state index is 0.200. The molecule has 0 fully saturated rings. The molecule has 3 N–H and O–H groups in total. The number of aryl methyl sites for hydroxylation is 1. The Balaban J connectivity index is 2.26. The Hall–Kier alpha value is -2.31. The predicted octanol–water partition coefficient (Wildman–Crippen LogP) is 3.13.